The molecule has 1 rings (SSSR count). The fourth-order valence-electron chi connectivity index (χ4n) is 1.36. The first-order valence-corrected chi connectivity index (χ1v) is 8.37. The van der Waals surface area contributed by atoms with Crippen LogP contribution in [0, 0.1) is 0 Å². The summed E-state index contributed by atoms with van der Waals surface area (Å²) in [4.78, 5) is 6.12. The number of aromatic nitrogens is 1. The van der Waals surface area contributed by atoms with E-state index in [0.29, 0.717) is 16.8 Å². The van der Waals surface area contributed by atoms with Crippen LogP contribution in [0.1, 0.15) is 6.42 Å². The number of ether oxygens (including phenoxy) is 1. The van der Waals surface area contributed by atoms with Crippen LogP contribution in [0.4, 0.5) is 5.69 Å². The maximum atomic E-state index is 11.3. The summed E-state index contributed by atoms with van der Waals surface area (Å²) in [6.45, 7) is 1.37. The van der Waals surface area contributed by atoms with Gasteiger partial charge in [0, 0.05) is 17.2 Å². The first-order chi connectivity index (χ1) is 8.78. The van der Waals surface area contributed by atoms with Crippen LogP contribution in [0.25, 0.3) is 0 Å². The second-order valence-corrected chi connectivity index (χ2v) is 7.05. The Bertz CT molecular complexity index is 520. The number of pyridine rings is 1. The minimum atomic E-state index is -3.36. The molecule has 0 unspecified atom stereocenters. The molecule has 0 amide bonds. The predicted octanol–water partition coefficient (Wildman–Crippen LogP) is 1.55. The molecule has 0 aromatic carbocycles. The zero-order valence-electron chi connectivity index (χ0n) is 11.2. The van der Waals surface area contributed by atoms with E-state index in [0.717, 1.165) is 19.2 Å². The van der Waals surface area contributed by atoms with Crippen LogP contribution in [0.3, 0.4) is 0 Å². The minimum Gasteiger partial charge on any atom is -0.476 e. The van der Waals surface area contributed by atoms with Crippen molar-refractivity contribution in [1.29, 1.82) is 0 Å². The highest BCUT2D eigenvalue weighted by Gasteiger charge is 2.10. The minimum absolute atomic E-state index is 0.285. The lowest BCUT2D eigenvalue weighted by Crippen LogP contribution is -2.16. The topological polar surface area (TPSA) is 71.5 Å². The summed E-state index contributed by atoms with van der Waals surface area (Å²) in [5.74, 6) is 0.285. The predicted molar refractivity (Wildman–Crippen MR) is 79.1 cm³/mol. The monoisotopic (exact) mass is 351 g/mol. The zero-order chi connectivity index (χ0) is 14.5. The Morgan fingerprint density at radius 2 is 2.16 bits per heavy atom. The molecule has 0 aliphatic carbocycles. The van der Waals surface area contributed by atoms with Gasteiger partial charge in [0.25, 0.3) is 0 Å². The molecule has 0 fully saturated rings. The van der Waals surface area contributed by atoms with Gasteiger partial charge in [0.1, 0.15) is 5.69 Å². The van der Waals surface area contributed by atoms with Crippen molar-refractivity contribution < 1.29 is 13.2 Å². The lowest BCUT2D eigenvalue weighted by molar-refractivity contribution is 0.274. The lowest BCUT2D eigenvalue weighted by atomic mass is 10.4. The second-order valence-electron chi connectivity index (χ2n) is 4.39. The summed E-state index contributed by atoms with van der Waals surface area (Å²) < 4.78 is 31.1. The Kier molecular flexibility index (Phi) is 6.02. The average molecular weight is 352 g/mol. The van der Waals surface area contributed by atoms with Crippen LogP contribution in [0.5, 0.6) is 5.88 Å². The molecule has 6 nitrogen and oxygen atoms in total. The van der Waals surface area contributed by atoms with Gasteiger partial charge in [-0.3, -0.25) is 4.72 Å². The molecular formula is C11H18BrN3O3S. The van der Waals surface area contributed by atoms with Crippen molar-refractivity contribution in [2.24, 2.45) is 0 Å². The van der Waals surface area contributed by atoms with Gasteiger partial charge in [-0.1, -0.05) is 0 Å². The van der Waals surface area contributed by atoms with Gasteiger partial charge >= 0.3 is 0 Å². The maximum Gasteiger partial charge on any atom is 0.238 e. The molecule has 0 saturated heterocycles. The Morgan fingerprint density at radius 1 is 1.47 bits per heavy atom. The summed E-state index contributed by atoms with van der Waals surface area (Å²) in [6.07, 6.45) is 3.49. The highest BCUT2D eigenvalue weighted by Crippen LogP contribution is 2.26. The Hall–Kier alpha value is -0.860. The first kappa shape index (κ1) is 16.2. The number of hydrogen-bond donors (Lipinski definition) is 1. The first-order valence-electron chi connectivity index (χ1n) is 5.69. The quantitative estimate of drug-likeness (QED) is 0.754. The number of nitrogens with one attached hydrogen (secondary N) is 1. The fourth-order valence-corrected chi connectivity index (χ4v) is 2.24. The average Bonchev–Trinajstić information content (AvgIpc) is 2.24. The van der Waals surface area contributed by atoms with E-state index in [2.05, 4.69) is 25.6 Å². The van der Waals surface area contributed by atoms with Crippen molar-refractivity contribution >= 4 is 31.6 Å². The summed E-state index contributed by atoms with van der Waals surface area (Å²) >= 11 is 3.25. The standard InChI is InChI=1S/C11H18BrN3O3S/c1-15(2)5-4-6-18-11-10(14-19(3,16)17)7-9(12)8-13-11/h7-8,14H,4-6H2,1-3H3. The number of halogens is 1. The number of anilines is 1. The van der Waals surface area contributed by atoms with Gasteiger partial charge in [-0.2, -0.15) is 0 Å². The van der Waals surface area contributed by atoms with Gasteiger partial charge in [-0.25, -0.2) is 13.4 Å². The molecule has 8 heteroatoms. The molecule has 1 aromatic rings. The molecule has 0 bridgehead atoms. The molecule has 1 N–H and O–H groups in total. The van der Waals surface area contributed by atoms with E-state index in [1.165, 1.54) is 0 Å². The van der Waals surface area contributed by atoms with Crippen molar-refractivity contribution in [3.8, 4) is 5.88 Å². The highest BCUT2D eigenvalue weighted by atomic mass is 79.9. The molecule has 0 spiro atoms. The third kappa shape index (κ3) is 6.74. The molecule has 0 aliphatic heterocycles. The SMILES string of the molecule is CN(C)CCCOc1ncc(Br)cc1NS(C)(=O)=O. The molecule has 0 saturated carbocycles. The summed E-state index contributed by atoms with van der Waals surface area (Å²) in [7, 11) is 0.602. The molecule has 19 heavy (non-hydrogen) atoms. The van der Waals surface area contributed by atoms with Gasteiger partial charge < -0.3 is 9.64 Å². The largest absolute Gasteiger partial charge is 0.476 e. The highest BCUT2D eigenvalue weighted by molar-refractivity contribution is 9.10. The van der Waals surface area contributed by atoms with Crippen LogP contribution in [-0.2, 0) is 10.0 Å². The van der Waals surface area contributed by atoms with E-state index in [1.807, 2.05) is 19.0 Å². The number of sulfonamides is 1. The van der Waals surface area contributed by atoms with E-state index in [-0.39, 0.29) is 5.88 Å². The molecule has 1 heterocycles. The maximum absolute atomic E-state index is 11.3. The summed E-state index contributed by atoms with van der Waals surface area (Å²) in [6, 6.07) is 1.62. The van der Waals surface area contributed by atoms with E-state index < -0.39 is 10.0 Å². The molecule has 1 aromatic heterocycles. The fraction of sp³-hybridized carbons (Fsp3) is 0.545. The smallest absolute Gasteiger partial charge is 0.238 e. The van der Waals surface area contributed by atoms with Crippen LogP contribution in [0.2, 0.25) is 0 Å². The van der Waals surface area contributed by atoms with Crippen molar-refractivity contribution in [1.82, 2.24) is 9.88 Å². The molecule has 0 radical (unpaired) electrons. The summed E-state index contributed by atoms with van der Waals surface area (Å²) in [5.41, 5.74) is 0.335. The van der Waals surface area contributed by atoms with Crippen molar-refractivity contribution in [3.05, 3.63) is 16.7 Å². The van der Waals surface area contributed by atoms with E-state index in [9.17, 15) is 8.42 Å². The Labute approximate surface area is 122 Å². The Morgan fingerprint density at radius 3 is 2.74 bits per heavy atom. The van der Waals surface area contributed by atoms with Crippen LogP contribution < -0.4 is 9.46 Å². The van der Waals surface area contributed by atoms with Gasteiger partial charge in [-0.05, 0) is 42.5 Å². The van der Waals surface area contributed by atoms with Crippen LogP contribution >= 0.6 is 15.9 Å². The van der Waals surface area contributed by atoms with E-state index >= 15 is 0 Å². The van der Waals surface area contributed by atoms with Crippen molar-refractivity contribution in [2.75, 3.05) is 38.2 Å². The number of hydrogen-bond acceptors (Lipinski definition) is 5. The number of nitrogens with zero attached hydrogens (tertiary/aromatic N) is 2. The molecule has 108 valence electrons. The van der Waals surface area contributed by atoms with Gasteiger partial charge in [0.15, 0.2) is 0 Å². The zero-order valence-corrected chi connectivity index (χ0v) is 13.6. The van der Waals surface area contributed by atoms with Crippen molar-refractivity contribution in [3.63, 3.8) is 0 Å². The van der Waals surface area contributed by atoms with Gasteiger partial charge in [0.2, 0.25) is 15.9 Å². The summed E-state index contributed by atoms with van der Waals surface area (Å²) in [5, 5.41) is 0. The Balaban J connectivity index is 2.71. The van der Waals surface area contributed by atoms with Crippen molar-refractivity contribution in [2.45, 2.75) is 6.42 Å². The number of rotatable bonds is 7. The molecule has 0 aliphatic rings. The molecule has 0 atom stereocenters. The van der Waals surface area contributed by atoms with E-state index in [4.69, 9.17) is 4.74 Å². The third-order valence-electron chi connectivity index (χ3n) is 2.10. The lowest BCUT2D eigenvalue weighted by Gasteiger charge is -2.13. The van der Waals surface area contributed by atoms with E-state index in [1.54, 1.807) is 12.3 Å². The normalized spacial score (nSPS) is 11.6. The van der Waals surface area contributed by atoms with Gasteiger partial charge in [-0.15, -0.1) is 0 Å². The van der Waals surface area contributed by atoms with Crippen LogP contribution in [-0.4, -0.2) is 51.8 Å². The van der Waals surface area contributed by atoms with Crippen LogP contribution in [0.15, 0.2) is 16.7 Å². The van der Waals surface area contributed by atoms with Gasteiger partial charge in [0.05, 0.1) is 12.9 Å². The second kappa shape index (κ2) is 7.06. The molecular weight excluding hydrogens is 334 g/mol. The third-order valence-corrected chi connectivity index (χ3v) is 3.13.